The van der Waals surface area contributed by atoms with Crippen LogP contribution in [0.2, 0.25) is 0 Å². The van der Waals surface area contributed by atoms with Gasteiger partial charge in [0.05, 0.1) is 0 Å². The summed E-state index contributed by atoms with van der Waals surface area (Å²) in [7, 11) is 0. The molecule has 0 spiro atoms. The Morgan fingerprint density at radius 1 is 0.600 bits per heavy atom. The first-order valence-electron chi connectivity index (χ1n) is 16.3. The van der Waals surface area contributed by atoms with Crippen molar-refractivity contribution in [1.82, 2.24) is 0 Å². The smallest absolute Gasteiger partial charge is 1.00 e. The van der Waals surface area contributed by atoms with E-state index in [4.69, 9.17) is 0 Å². The maximum absolute atomic E-state index is 2.52. The second-order valence-corrected chi connectivity index (χ2v) is 17.5. The Hall–Kier alpha value is -2.48. The molecule has 1 saturated carbocycles. The van der Waals surface area contributed by atoms with E-state index in [0.717, 1.165) is 12.8 Å². The number of benzene rings is 4. The van der Waals surface area contributed by atoms with Gasteiger partial charge in [-0.25, -0.2) is 0 Å². The molecule has 0 heterocycles. The minimum atomic E-state index is -1.93. The molecule has 3 aliphatic rings. The zero-order valence-corrected chi connectivity index (χ0v) is 30.7. The first-order valence-corrected chi connectivity index (χ1v) is 18.7. The summed E-state index contributed by atoms with van der Waals surface area (Å²) in [6.45, 7) is 13.7. The van der Waals surface area contributed by atoms with Crippen LogP contribution in [-0.2, 0) is 23.8 Å². The normalized spacial score (nSPS) is 14.6. The fourth-order valence-electron chi connectivity index (χ4n) is 8.59. The van der Waals surface area contributed by atoms with E-state index in [0.29, 0.717) is 0 Å². The maximum atomic E-state index is 2.52. The van der Waals surface area contributed by atoms with Crippen LogP contribution >= 0.6 is 0 Å². The van der Waals surface area contributed by atoms with Crippen LogP contribution in [0, 0.1) is 41.5 Å². The van der Waals surface area contributed by atoms with Gasteiger partial charge in [0.25, 0.3) is 0 Å². The molecule has 3 heteroatoms. The molecule has 0 bridgehead atoms. The molecule has 0 atom stereocenters. The second-order valence-electron chi connectivity index (χ2n) is 13.5. The van der Waals surface area contributed by atoms with E-state index < -0.39 is 17.4 Å². The number of rotatable bonds is 4. The molecule has 1 fully saturated rings. The molecule has 3 aliphatic carbocycles. The maximum Gasteiger partial charge on any atom is -1.00 e. The molecule has 0 saturated heterocycles. The van der Waals surface area contributed by atoms with E-state index >= 15 is 0 Å². The molecule has 0 unspecified atom stereocenters. The van der Waals surface area contributed by atoms with E-state index in [1.165, 1.54) is 104 Å². The van der Waals surface area contributed by atoms with Gasteiger partial charge in [0.2, 0.25) is 0 Å². The summed E-state index contributed by atoms with van der Waals surface area (Å²) in [6.07, 6.45) is 16.3. The number of aryl methyl sites for hydroxylation is 6. The van der Waals surface area contributed by atoms with Gasteiger partial charge in [0.1, 0.15) is 0 Å². The topological polar surface area (TPSA) is 0 Å². The van der Waals surface area contributed by atoms with Crippen LogP contribution in [0.5, 0.6) is 0 Å². The van der Waals surface area contributed by atoms with Crippen LogP contribution < -0.4 is 28.7 Å². The molecule has 45 heavy (non-hydrogen) atoms. The van der Waals surface area contributed by atoms with Crippen molar-refractivity contribution >= 4 is 7.68 Å². The van der Waals surface area contributed by atoms with Gasteiger partial charge < -0.3 is 24.8 Å². The SMILES string of the molecule is Cc1cc(C)c(-c2ccc3c(c2)Cc2c-3ccc(-c3c(C)cc(C)cc3C)[c]2[Ti+2]([C]2=CC=CC2)=[C]2CCCCC2)c(C)c1.[Cl-].[Cl-]. The molecule has 0 radical (unpaired) electrons. The molecule has 230 valence electrons. The molecule has 0 N–H and O–H groups in total. The molecule has 7 rings (SSSR count). The van der Waals surface area contributed by atoms with Crippen LogP contribution in [0.3, 0.4) is 0 Å². The number of hydrogen-bond acceptors (Lipinski definition) is 0. The summed E-state index contributed by atoms with van der Waals surface area (Å²) in [5, 5.41) is 0. The summed E-state index contributed by atoms with van der Waals surface area (Å²) in [5.74, 6) is 0. The van der Waals surface area contributed by atoms with Crippen molar-refractivity contribution in [3.63, 3.8) is 0 Å². The summed E-state index contributed by atoms with van der Waals surface area (Å²) in [4.78, 5) is 0. The van der Waals surface area contributed by atoms with Crippen LogP contribution in [0.4, 0.5) is 0 Å². The van der Waals surface area contributed by atoms with Gasteiger partial charge in [-0.2, -0.15) is 0 Å². The zero-order valence-electron chi connectivity index (χ0n) is 27.6. The van der Waals surface area contributed by atoms with Gasteiger partial charge in [-0.15, -0.1) is 0 Å². The third kappa shape index (κ3) is 6.17. The van der Waals surface area contributed by atoms with Crippen LogP contribution in [0.1, 0.15) is 83.0 Å². The molecule has 0 aliphatic heterocycles. The first-order chi connectivity index (χ1) is 20.8. The molecule has 4 aromatic rings. The van der Waals surface area contributed by atoms with Gasteiger partial charge in [-0.1, -0.05) is 0 Å². The van der Waals surface area contributed by atoms with Crippen molar-refractivity contribution in [3.05, 3.63) is 121 Å². The van der Waals surface area contributed by atoms with Gasteiger partial charge in [0.15, 0.2) is 0 Å². The monoisotopic (exact) mass is 666 g/mol. The summed E-state index contributed by atoms with van der Waals surface area (Å²) < 4.78 is 5.46. The number of allylic oxidation sites excluding steroid dienone is 4. The van der Waals surface area contributed by atoms with Gasteiger partial charge in [-0.3, -0.25) is 0 Å². The van der Waals surface area contributed by atoms with Crippen LogP contribution in [0.25, 0.3) is 33.4 Å². The quantitative estimate of drug-likeness (QED) is 0.245. The van der Waals surface area contributed by atoms with Crippen molar-refractivity contribution in [2.24, 2.45) is 0 Å². The molecular weight excluding hydrogens is 623 g/mol. The fraction of sp³-hybridized carbons (Fsp3) is 0.310. The van der Waals surface area contributed by atoms with Gasteiger partial charge in [-0.05, 0) is 0 Å². The minimum Gasteiger partial charge on any atom is -1.00 e. The summed E-state index contributed by atoms with van der Waals surface area (Å²) >= 11 is -1.93. The zero-order chi connectivity index (χ0) is 29.8. The largest absolute Gasteiger partial charge is 1.00 e. The summed E-state index contributed by atoms with van der Waals surface area (Å²) in [5.41, 5.74) is 20.2. The predicted molar refractivity (Wildman–Crippen MR) is 184 cm³/mol. The average molecular weight is 668 g/mol. The number of halogens is 2. The Bertz CT molecular complexity index is 1850. The van der Waals surface area contributed by atoms with Crippen molar-refractivity contribution in [2.45, 2.75) is 86.5 Å². The van der Waals surface area contributed by atoms with Crippen LogP contribution in [-0.4, -0.2) is 3.81 Å². The van der Waals surface area contributed by atoms with Crippen LogP contribution in [0.15, 0.2) is 76.7 Å². The Balaban J connectivity index is 0.00000200. The molecular formula is C42H44Cl2Ti. The summed E-state index contributed by atoms with van der Waals surface area (Å²) in [6, 6.07) is 21.8. The molecule has 4 aromatic carbocycles. The second kappa shape index (κ2) is 13.7. The first kappa shape index (κ1) is 33.9. The molecule has 0 aromatic heterocycles. The van der Waals surface area contributed by atoms with Crippen molar-refractivity contribution in [1.29, 1.82) is 0 Å². The number of hydrogen-bond donors (Lipinski definition) is 0. The standard InChI is InChI=1S/C31H29.C6H10.C5H5.2ClH.Ti/c1-18-11-20(3)30(21(4)12-18)24-7-9-28-26(15-24)17-27-16-25(8-10-29(27)28)31-22(5)13-19(2)14-23(31)6;1-2-4-6-5-3-1;1-2-4-5-3-1;;;/h7-15H,17H2,1-6H3;1-5H2;1-3H,4H2;2*1H;/q;;;;;+2/p-2. The molecule has 0 amide bonds. The Labute approximate surface area is 289 Å². The number of fused-ring (bicyclic) bond motifs is 3. The van der Waals surface area contributed by atoms with E-state index in [9.17, 15) is 0 Å². The van der Waals surface area contributed by atoms with Crippen molar-refractivity contribution in [2.75, 3.05) is 0 Å². The fourth-order valence-corrected chi connectivity index (χ4v) is 14.2. The van der Waals surface area contributed by atoms with E-state index in [1.807, 2.05) is 3.81 Å². The molecule has 0 nitrogen and oxygen atoms in total. The van der Waals surface area contributed by atoms with Gasteiger partial charge >= 0.3 is 266 Å². The third-order valence-electron chi connectivity index (χ3n) is 10.1. The van der Waals surface area contributed by atoms with E-state index in [1.54, 1.807) is 13.3 Å². The van der Waals surface area contributed by atoms with Crippen molar-refractivity contribution in [3.8, 4) is 33.4 Å². The van der Waals surface area contributed by atoms with Crippen molar-refractivity contribution < 1.29 is 42.2 Å². The Morgan fingerprint density at radius 3 is 1.78 bits per heavy atom. The third-order valence-corrected chi connectivity index (χ3v) is 15.3. The minimum absolute atomic E-state index is 0. The average Bonchev–Trinajstić information content (AvgIpc) is 3.62. The van der Waals surface area contributed by atoms with E-state index in [-0.39, 0.29) is 24.8 Å². The Morgan fingerprint density at radius 2 is 1.18 bits per heavy atom. The predicted octanol–water partition coefficient (Wildman–Crippen LogP) is 4.67. The van der Waals surface area contributed by atoms with Gasteiger partial charge in [0, 0.05) is 0 Å². The van der Waals surface area contributed by atoms with E-state index in [2.05, 4.69) is 114 Å². The Kier molecular flexibility index (Phi) is 10.3.